The molecule has 2 amide bonds. The lowest BCUT2D eigenvalue weighted by Crippen LogP contribution is -2.43. The van der Waals surface area contributed by atoms with Crippen LogP contribution in [0.4, 0.5) is 4.79 Å². The van der Waals surface area contributed by atoms with Crippen molar-refractivity contribution in [3.63, 3.8) is 0 Å². The Balaban J connectivity index is 1.84. The number of benzene rings is 1. The van der Waals surface area contributed by atoms with E-state index in [1.165, 1.54) is 6.42 Å². The molecule has 0 aromatic heterocycles. The molecule has 1 unspecified atom stereocenters. The maximum Gasteiger partial charge on any atom is 0.321 e. The van der Waals surface area contributed by atoms with Gasteiger partial charge in [-0.2, -0.15) is 0 Å². The molecule has 1 N–H and O–H groups in total. The molecule has 1 aromatic carbocycles. The van der Waals surface area contributed by atoms with Crippen LogP contribution in [0, 0.1) is 5.92 Å². The van der Waals surface area contributed by atoms with Gasteiger partial charge in [0.2, 0.25) is 0 Å². The molecule has 102 valence electrons. The molecule has 19 heavy (non-hydrogen) atoms. The van der Waals surface area contributed by atoms with E-state index in [4.69, 9.17) is 11.6 Å². The van der Waals surface area contributed by atoms with Gasteiger partial charge < -0.3 is 10.2 Å². The number of urea groups is 1. The summed E-state index contributed by atoms with van der Waals surface area (Å²) in [7, 11) is 0. The van der Waals surface area contributed by atoms with Gasteiger partial charge in [0.25, 0.3) is 0 Å². The van der Waals surface area contributed by atoms with Gasteiger partial charge in [-0.05, 0) is 42.5 Å². The molecule has 1 heterocycles. The number of carbonyl (C=O) groups excluding carboxylic acids is 1. The Kier molecular flexibility index (Phi) is 4.86. The van der Waals surface area contributed by atoms with Crippen LogP contribution >= 0.6 is 11.6 Å². The van der Waals surface area contributed by atoms with E-state index in [0.29, 0.717) is 10.9 Å². The molecular formula is C15H19ClN2O. The fourth-order valence-electron chi connectivity index (χ4n) is 2.25. The molecule has 1 fully saturated rings. The Morgan fingerprint density at radius 2 is 2.16 bits per heavy atom. The Labute approximate surface area is 119 Å². The Hall–Kier alpha value is -1.48. The summed E-state index contributed by atoms with van der Waals surface area (Å²) >= 11 is 5.81. The SMILES string of the molecule is CC1CCCN(C(=O)N/C=C/c2ccc(Cl)cc2)C1. The van der Waals surface area contributed by atoms with Crippen LogP contribution < -0.4 is 5.32 Å². The summed E-state index contributed by atoms with van der Waals surface area (Å²) in [6.07, 6.45) is 5.85. The number of nitrogens with one attached hydrogen (secondary N) is 1. The molecule has 1 aromatic rings. The minimum Gasteiger partial charge on any atom is -0.324 e. The molecular weight excluding hydrogens is 260 g/mol. The highest BCUT2D eigenvalue weighted by Gasteiger charge is 2.19. The van der Waals surface area contributed by atoms with Gasteiger partial charge >= 0.3 is 6.03 Å². The van der Waals surface area contributed by atoms with Crippen LogP contribution in [0.3, 0.4) is 0 Å². The summed E-state index contributed by atoms with van der Waals surface area (Å²) in [5.74, 6) is 0.597. The van der Waals surface area contributed by atoms with E-state index in [0.717, 1.165) is 25.1 Å². The fraction of sp³-hybridized carbons (Fsp3) is 0.400. The van der Waals surface area contributed by atoms with Gasteiger partial charge in [0.05, 0.1) is 0 Å². The third kappa shape index (κ3) is 4.28. The van der Waals surface area contributed by atoms with Crippen molar-refractivity contribution >= 4 is 23.7 Å². The standard InChI is InChI=1S/C15H19ClN2O/c1-12-3-2-10-18(11-12)15(19)17-9-8-13-4-6-14(16)7-5-13/h4-9,12H,2-3,10-11H2,1H3,(H,17,19)/b9-8+. The Morgan fingerprint density at radius 3 is 2.84 bits per heavy atom. The second kappa shape index (κ2) is 6.62. The predicted molar refractivity (Wildman–Crippen MR) is 79.0 cm³/mol. The van der Waals surface area contributed by atoms with Gasteiger partial charge in [-0.3, -0.25) is 0 Å². The maximum atomic E-state index is 11.9. The highest BCUT2D eigenvalue weighted by atomic mass is 35.5. The van der Waals surface area contributed by atoms with E-state index < -0.39 is 0 Å². The number of hydrogen-bond acceptors (Lipinski definition) is 1. The zero-order valence-corrected chi connectivity index (χ0v) is 11.9. The topological polar surface area (TPSA) is 32.3 Å². The predicted octanol–water partition coefficient (Wildman–Crippen LogP) is 3.75. The second-order valence-corrected chi connectivity index (χ2v) is 5.46. The number of likely N-dealkylation sites (tertiary alicyclic amines) is 1. The molecule has 1 aliphatic rings. The van der Waals surface area contributed by atoms with Crippen LogP contribution in [-0.4, -0.2) is 24.0 Å². The lowest BCUT2D eigenvalue weighted by Gasteiger charge is -2.30. The summed E-state index contributed by atoms with van der Waals surface area (Å²) in [6, 6.07) is 7.46. The highest BCUT2D eigenvalue weighted by Crippen LogP contribution is 2.15. The number of hydrogen-bond donors (Lipinski definition) is 1. The average Bonchev–Trinajstić information content (AvgIpc) is 2.41. The van der Waals surface area contributed by atoms with Crippen LogP contribution in [0.15, 0.2) is 30.5 Å². The van der Waals surface area contributed by atoms with Crippen LogP contribution in [0.1, 0.15) is 25.3 Å². The van der Waals surface area contributed by atoms with Crippen LogP contribution in [0.25, 0.3) is 6.08 Å². The Bertz CT molecular complexity index is 456. The lowest BCUT2D eigenvalue weighted by atomic mass is 10.0. The van der Waals surface area contributed by atoms with Crippen LogP contribution in [0.5, 0.6) is 0 Å². The monoisotopic (exact) mass is 278 g/mol. The van der Waals surface area contributed by atoms with Crippen LogP contribution in [0.2, 0.25) is 5.02 Å². The zero-order chi connectivity index (χ0) is 13.7. The summed E-state index contributed by atoms with van der Waals surface area (Å²) < 4.78 is 0. The smallest absolute Gasteiger partial charge is 0.321 e. The number of amides is 2. The van der Waals surface area contributed by atoms with E-state index in [2.05, 4.69) is 12.2 Å². The van der Waals surface area contributed by atoms with Gasteiger partial charge in [0.1, 0.15) is 0 Å². The summed E-state index contributed by atoms with van der Waals surface area (Å²) in [5, 5.41) is 3.52. The first-order valence-corrected chi connectivity index (χ1v) is 7.00. The minimum atomic E-state index is -0.0169. The lowest BCUT2D eigenvalue weighted by molar-refractivity contribution is 0.173. The van der Waals surface area contributed by atoms with E-state index in [1.54, 1.807) is 6.20 Å². The minimum absolute atomic E-state index is 0.0169. The van der Waals surface area contributed by atoms with Gasteiger partial charge in [0.15, 0.2) is 0 Å². The van der Waals surface area contributed by atoms with Crippen molar-refractivity contribution in [2.45, 2.75) is 19.8 Å². The second-order valence-electron chi connectivity index (χ2n) is 5.03. The molecule has 1 atom stereocenters. The van der Waals surface area contributed by atoms with Gasteiger partial charge in [-0.15, -0.1) is 0 Å². The molecule has 1 aliphatic heterocycles. The van der Waals surface area contributed by atoms with Crippen molar-refractivity contribution in [1.29, 1.82) is 0 Å². The van der Waals surface area contributed by atoms with Crippen molar-refractivity contribution in [2.24, 2.45) is 5.92 Å². The van der Waals surface area contributed by atoms with Crippen molar-refractivity contribution in [1.82, 2.24) is 10.2 Å². The van der Waals surface area contributed by atoms with Crippen molar-refractivity contribution in [3.05, 3.63) is 41.1 Å². The molecule has 0 bridgehead atoms. The third-order valence-corrected chi connectivity index (χ3v) is 3.55. The molecule has 0 spiro atoms. The van der Waals surface area contributed by atoms with E-state index in [1.807, 2.05) is 35.2 Å². The van der Waals surface area contributed by atoms with E-state index in [-0.39, 0.29) is 6.03 Å². The molecule has 4 heteroatoms. The molecule has 0 saturated carbocycles. The molecule has 0 radical (unpaired) electrons. The van der Waals surface area contributed by atoms with Crippen molar-refractivity contribution in [3.8, 4) is 0 Å². The van der Waals surface area contributed by atoms with Crippen molar-refractivity contribution < 1.29 is 4.79 Å². The number of carbonyl (C=O) groups is 1. The first-order chi connectivity index (χ1) is 9.15. The van der Waals surface area contributed by atoms with Crippen molar-refractivity contribution in [2.75, 3.05) is 13.1 Å². The van der Waals surface area contributed by atoms with E-state index in [9.17, 15) is 4.79 Å². The number of rotatable bonds is 2. The van der Waals surface area contributed by atoms with Gasteiger partial charge in [-0.1, -0.05) is 30.7 Å². The van der Waals surface area contributed by atoms with Gasteiger partial charge in [0, 0.05) is 24.3 Å². The van der Waals surface area contributed by atoms with Gasteiger partial charge in [-0.25, -0.2) is 4.79 Å². The van der Waals surface area contributed by atoms with Crippen LogP contribution in [-0.2, 0) is 0 Å². The molecule has 0 aliphatic carbocycles. The molecule has 2 rings (SSSR count). The normalized spacial score (nSPS) is 19.7. The summed E-state index contributed by atoms with van der Waals surface area (Å²) in [5.41, 5.74) is 1.01. The fourth-order valence-corrected chi connectivity index (χ4v) is 2.37. The largest absolute Gasteiger partial charge is 0.324 e. The number of piperidine rings is 1. The zero-order valence-electron chi connectivity index (χ0n) is 11.1. The highest BCUT2D eigenvalue weighted by molar-refractivity contribution is 6.30. The number of nitrogens with zero attached hydrogens (tertiary/aromatic N) is 1. The first-order valence-electron chi connectivity index (χ1n) is 6.63. The van der Waals surface area contributed by atoms with E-state index >= 15 is 0 Å². The quantitative estimate of drug-likeness (QED) is 0.878. The first kappa shape index (κ1) is 13.9. The summed E-state index contributed by atoms with van der Waals surface area (Å²) in [4.78, 5) is 13.8. The Morgan fingerprint density at radius 1 is 1.42 bits per heavy atom. The molecule has 3 nitrogen and oxygen atoms in total. The average molecular weight is 279 g/mol. The summed E-state index contributed by atoms with van der Waals surface area (Å²) in [6.45, 7) is 3.88. The molecule has 1 saturated heterocycles. The third-order valence-electron chi connectivity index (χ3n) is 3.30. The maximum absolute atomic E-state index is 11.9. The number of halogens is 1.